The van der Waals surface area contributed by atoms with E-state index in [1.165, 1.54) is 11.1 Å². The molecule has 0 amide bonds. The number of hydrogen-bond donors (Lipinski definition) is 0. The molecule has 0 atom stereocenters. The number of hydrogen-bond acceptors (Lipinski definition) is 3. The molecule has 7 rings (SSSR count). The van der Waals surface area contributed by atoms with E-state index in [2.05, 4.69) is 73.3 Å². The van der Waals surface area contributed by atoms with Crippen molar-refractivity contribution >= 4 is 34.0 Å². The van der Waals surface area contributed by atoms with Crippen molar-refractivity contribution in [1.29, 1.82) is 0 Å². The molecule has 0 aliphatic carbocycles. The summed E-state index contributed by atoms with van der Waals surface area (Å²) in [5, 5.41) is 0. The van der Waals surface area contributed by atoms with Gasteiger partial charge in [-0.3, -0.25) is 9.36 Å². The predicted octanol–water partition coefficient (Wildman–Crippen LogP) is 6.81. The molecule has 1 aromatic heterocycles. The summed E-state index contributed by atoms with van der Waals surface area (Å²) in [5.41, 5.74) is 8.73. The minimum absolute atomic E-state index is 0.0240. The van der Waals surface area contributed by atoms with E-state index in [4.69, 9.17) is 4.98 Å². The van der Waals surface area contributed by atoms with Gasteiger partial charge >= 0.3 is 0 Å². The second-order valence-electron chi connectivity index (χ2n) is 9.26. The number of carbonyl (C=O) groups is 1. The Hall–Kier alpha value is -4.18. The predicted molar refractivity (Wildman–Crippen MR) is 132 cm³/mol. The summed E-state index contributed by atoms with van der Waals surface area (Å²) >= 11 is 0. The Bertz CT molecular complexity index is 1580. The van der Waals surface area contributed by atoms with E-state index in [-0.39, 0.29) is 11.3 Å². The maximum Gasteiger partial charge on any atom is 0.267 e. The molecule has 0 radical (unpaired) electrons. The smallest absolute Gasteiger partial charge is 0.267 e. The Morgan fingerprint density at radius 2 is 1.30 bits per heavy atom. The highest BCUT2D eigenvalue weighted by molar-refractivity contribution is 6.17. The van der Waals surface area contributed by atoms with Gasteiger partial charge in [0.15, 0.2) is 0 Å². The lowest BCUT2D eigenvalue weighted by atomic mass is 9.73. The van der Waals surface area contributed by atoms with Gasteiger partial charge in [-0.2, -0.15) is 0 Å². The quantitative estimate of drug-likeness (QED) is 0.289. The molecule has 4 aromatic carbocycles. The molecular weight excluding hydrogens is 406 g/mol. The van der Waals surface area contributed by atoms with Crippen molar-refractivity contribution in [3.8, 4) is 11.4 Å². The summed E-state index contributed by atoms with van der Waals surface area (Å²) < 4.78 is 1.76. The molecule has 0 fully saturated rings. The summed E-state index contributed by atoms with van der Waals surface area (Å²) in [6, 6.07) is 30.9. The largest absolute Gasteiger partial charge is 0.309 e. The summed E-state index contributed by atoms with van der Waals surface area (Å²) in [7, 11) is 0. The minimum atomic E-state index is -0.144. The number of aromatic nitrogens is 2. The third-order valence-electron chi connectivity index (χ3n) is 7.14. The van der Waals surface area contributed by atoms with Crippen LogP contribution in [0.2, 0.25) is 0 Å². The fraction of sp³-hybridized carbons (Fsp3) is 0.103. The van der Waals surface area contributed by atoms with E-state index < -0.39 is 0 Å². The third kappa shape index (κ3) is 2.25. The van der Waals surface area contributed by atoms with Crippen molar-refractivity contribution < 1.29 is 4.79 Å². The zero-order chi connectivity index (χ0) is 22.3. The number of fused-ring (bicyclic) bond motifs is 7. The maximum absolute atomic E-state index is 13.9. The molecule has 4 nitrogen and oxygen atoms in total. The first kappa shape index (κ1) is 18.4. The molecule has 0 bridgehead atoms. The first-order valence-corrected chi connectivity index (χ1v) is 11.2. The average Bonchev–Trinajstić information content (AvgIpc) is 3.35. The number of imidazole rings is 1. The molecule has 158 valence electrons. The van der Waals surface area contributed by atoms with Crippen LogP contribution in [0.4, 0.5) is 17.1 Å². The van der Waals surface area contributed by atoms with Crippen LogP contribution < -0.4 is 4.90 Å². The second kappa shape index (κ2) is 6.20. The fourth-order valence-corrected chi connectivity index (χ4v) is 5.59. The van der Waals surface area contributed by atoms with Crippen molar-refractivity contribution in [2.45, 2.75) is 19.3 Å². The van der Waals surface area contributed by atoms with Crippen molar-refractivity contribution in [3.63, 3.8) is 0 Å². The Labute approximate surface area is 191 Å². The topological polar surface area (TPSA) is 38.1 Å². The molecule has 0 N–H and O–H groups in total. The molecular formula is C29H21N3O. The number of benzene rings is 4. The Balaban J connectivity index is 1.53. The first-order chi connectivity index (χ1) is 16.1. The average molecular weight is 428 g/mol. The third-order valence-corrected chi connectivity index (χ3v) is 7.14. The highest BCUT2D eigenvalue weighted by Gasteiger charge is 2.40. The molecule has 2 aliphatic rings. The highest BCUT2D eigenvalue weighted by Crippen LogP contribution is 2.53. The van der Waals surface area contributed by atoms with Gasteiger partial charge in [-0.25, -0.2) is 4.98 Å². The molecule has 3 heterocycles. The van der Waals surface area contributed by atoms with Crippen LogP contribution in [-0.4, -0.2) is 15.5 Å². The first-order valence-electron chi connectivity index (χ1n) is 11.2. The lowest BCUT2D eigenvalue weighted by Gasteiger charge is -2.42. The maximum atomic E-state index is 13.9. The van der Waals surface area contributed by atoms with Gasteiger partial charge in [-0.15, -0.1) is 0 Å². The van der Waals surface area contributed by atoms with Crippen molar-refractivity contribution in [2.24, 2.45) is 0 Å². The second-order valence-corrected chi connectivity index (χ2v) is 9.26. The summed E-state index contributed by atoms with van der Waals surface area (Å²) in [6.45, 7) is 4.54. The zero-order valence-electron chi connectivity index (χ0n) is 18.4. The normalized spacial score (nSPS) is 15.2. The molecule has 2 aliphatic heterocycles. The van der Waals surface area contributed by atoms with Crippen LogP contribution in [0.5, 0.6) is 0 Å². The van der Waals surface area contributed by atoms with E-state index >= 15 is 0 Å². The lowest BCUT2D eigenvalue weighted by molar-refractivity contribution is 0.0974. The van der Waals surface area contributed by atoms with E-state index in [1.54, 1.807) is 4.57 Å². The monoisotopic (exact) mass is 427 g/mol. The number of para-hydroxylation sites is 4. The van der Waals surface area contributed by atoms with Crippen molar-refractivity contribution in [2.75, 3.05) is 4.90 Å². The number of anilines is 3. The van der Waals surface area contributed by atoms with Gasteiger partial charge in [0.2, 0.25) is 0 Å². The molecule has 33 heavy (non-hydrogen) atoms. The Kier molecular flexibility index (Phi) is 3.46. The number of carbonyl (C=O) groups excluding carboxylic acids is 1. The SMILES string of the molecule is CC1(C)c2ccccc2N(c2cccc3c2C(=O)n2c-3nc3ccccc32)c2ccccc21. The molecule has 0 spiro atoms. The van der Waals surface area contributed by atoms with Crippen LogP contribution in [0.3, 0.4) is 0 Å². The van der Waals surface area contributed by atoms with Gasteiger partial charge in [0.25, 0.3) is 5.91 Å². The Morgan fingerprint density at radius 3 is 2.03 bits per heavy atom. The van der Waals surface area contributed by atoms with Gasteiger partial charge < -0.3 is 4.90 Å². The summed E-state index contributed by atoms with van der Waals surface area (Å²) in [5.74, 6) is 0.695. The van der Waals surface area contributed by atoms with Crippen molar-refractivity contribution in [3.05, 3.63) is 108 Å². The van der Waals surface area contributed by atoms with Crippen molar-refractivity contribution in [1.82, 2.24) is 9.55 Å². The number of rotatable bonds is 1. The standard InChI is InChI=1S/C29H21N3O/c1-29(2)19-11-3-6-14-22(19)31(23-15-7-4-12-20(23)29)25-17-9-10-18-26(25)28(33)32-24-16-8-5-13-21(24)30-27(18)32/h3-17H,1-2H3. The summed E-state index contributed by atoms with van der Waals surface area (Å²) in [4.78, 5) is 20.9. The van der Waals surface area contributed by atoms with Crippen LogP contribution in [-0.2, 0) is 5.41 Å². The molecule has 0 unspecified atom stereocenters. The highest BCUT2D eigenvalue weighted by atomic mass is 16.2. The van der Waals surface area contributed by atoms with Gasteiger partial charge in [-0.1, -0.05) is 74.5 Å². The number of nitrogens with zero attached hydrogens (tertiary/aromatic N) is 3. The van der Waals surface area contributed by atoms with Crippen LogP contribution in [0.1, 0.15) is 35.3 Å². The van der Waals surface area contributed by atoms with E-state index in [1.807, 2.05) is 36.4 Å². The van der Waals surface area contributed by atoms with E-state index in [9.17, 15) is 4.79 Å². The molecule has 0 saturated heterocycles. The van der Waals surface area contributed by atoms with E-state index in [0.717, 1.165) is 39.5 Å². The fourth-order valence-electron chi connectivity index (χ4n) is 5.59. The van der Waals surface area contributed by atoms with Gasteiger partial charge in [0.05, 0.1) is 33.7 Å². The van der Waals surface area contributed by atoms with Crippen LogP contribution in [0.25, 0.3) is 22.4 Å². The van der Waals surface area contributed by atoms with Crippen LogP contribution in [0.15, 0.2) is 91.0 Å². The van der Waals surface area contributed by atoms with Gasteiger partial charge in [0, 0.05) is 11.0 Å². The molecule has 5 aromatic rings. The summed E-state index contributed by atoms with van der Waals surface area (Å²) in [6.07, 6.45) is 0. The van der Waals surface area contributed by atoms with Gasteiger partial charge in [0.1, 0.15) is 5.82 Å². The lowest BCUT2D eigenvalue weighted by Crippen LogP contribution is -2.31. The van der Waals surface area contributed by atoms with Gasteiger partial charge in [-0.05, 0) is 41.5 Å². The van der Waals surface area contributed by atoms with E-state index in [0.29, 0.717) is 5.56 Å². The molecule has 0 saturated carbocycles. The van der Waals surface area contributed by atoms with Crippen LogP contribution >= 0.6 is 0 Å². The zero-order valence-corrected chi connectivity index (χ0v) is 18.4. The minimum Gasteiger partial charge on any atom is -0.309 e. The Morgan fingerprint density at radius 1 is 0.697 bits per heavy atom. The van der Waals surface area contributed by atoms with Crippen LogP contribution in [0, 0.1) is 0 Å². The molecule has 4 heteroatoms.